The Bertz CT molecular complexity index is 1610. The highest BCUT2D eigenvalue weighted by molar-refractivity contribution is 5.93. The van der Waals surface area contributed by atoms with E-state index < -0.39 is 6.09 Å². The second kappa shape index (κ2) is 13.5. The molecule has 2 heterocycles. The van der Waals surface area contributed by atoms with E-state index in [0.29, 0.717) is 18.8 Å². The first-order valence-electron chi connectivity index (χ1n) is 14.8. The van der Waals surface area contributed by atoms with Gasteiger partial charge in [-0.25, -0.2) is 9.59 Å². The zero-order valence-corrected chi connectivity index (χ0v) is 25.5. The molecule has 9 nitrogen and oxygen atoms in total. The predicted octanol–water partition coefficient (Wildman–Crippen LogP) is 6.00. The Balaban J connectivity index is 0.000000256. The van der Waals surface area contributed by atoms with Gasteiger partial charge in [0.1, 0.15) is 13.2 Å². The molecule has 0 aliphatic carbocycles. The van der Waals surface area contributed by atoms with Gasteiger partial charge in [-0.15, -0.1) is 0 Å². The number of β-lactam (4-membered cyclic amide) rings is 1. The molecule has 4 aromatic rings. The van der Waals surface area contributed by atoms with Gasteiger partial charge in [-0.3, -0.25) is 10.1 Å². The summed E-state index contributed by atoms with van der Waals surface area (Å²) < 4.78 is 10.7. The Morgan fingerprint density at radius 1 is 0.778 bits per heavy atom. The fraction of sp³-hybridized carbons (Fsp3) is 0.250. The van der Waals surface area contributed by atoms with E-state index in [4.69, 9.17) is 15.2 Å². The molecule has 0 spiro atoms. The maximum absolute atomic E-state index is 12.3. The van der Waals surface area contributed by atoms with E-state index >= 15 is 0 Å². The number of ether oxygens (including phenoxy) is 2. The van der Waals surface area contributed by atoms with Gasteiger partial charge in [-0.05, 0) is 53.4 Å². The zero-order chi connectivity index (χ0) is 31.9. The molecule has 9 heteroatoms. The predicted molar refractivity (Wildman–Crippen MR) is 173 cm³/mol. The molecule has 0 saturated carbocycles. The Morgan fingerprint density at radius 3 is 1.82 bits per heavy atom. The van der Waals surface area contributed by atoms with Crippen molar-refractivity contribution in [2.45, 2.75) is 37.9 Å². The number of nitrogen functional groups attached to an aromatic ring is 1. The van der Waals surface area contributed by atoms with Gasteiger partial charge in [0.15, 0.2) is 0 Å². The molecule has 4 N–H and O–H groups in total. The minimum absolute atomic E-state index is 0.0947. The molecule has 232 valence electrons. The molecule has 2 aliphatic heterocycles. The van der Waals surface area contributed by atoms with E-state index in [9.17, 15) is 14.4 Å². The number of nitrogens with two attached hydrogens (primary N) is 1. The topological polar surface area (TPSA) is 123 Å². The van der Waals surface area contributed by atoms with Crippen molar-refractivity contribution in [2.75, 3.05) is 30.7 Å². The zero-order valence-electron chi connectivity index (χ0n) is 25.5. The fourth-order valence-corrected chi connectivity index (χ4v) is 5.26. The van der Waals surface area contributed by atoms with Crippen LogP contribution in [0, 0.1) is 0 Å². The highest BCUT2D eigenvalue weighted by atomic mass is 16.6. The van der Waals surface area contributed by atoms with Gasteiger partial charge in [-0.2, -0.15) is 0 Å². The van der Waals surface area contributed by atoms with Crippen molar-refractivity contribution < 1.29 is 23.9 Å². The minimum Gasteiger partial charge on any atom is -0.445 e. The monoisotopic (exact) mass is 606 g/mol. The molecule has 0 aromatic heterocycles. The van der Waals surface area contributed by atoms with Crippen LogP contribution in [0.4, 0.5) is 21.0 Å². The van der Waals surface area contributed by atoms with Crippen LogP contribution in [-0.4, -0.2) is 42.6 Å². The van der Waals surface area contributed by atoms with Crippen LogP contribution < -0.4 is 16.4 Å². The van der Waals surface area contributed by atoms with E-state index in [2.05, 4.69) is 17.6 Å². The Labute approximate surface area is 263 Å². The first-order valence-corrected chi connectivity index (χ1v) is 14.8. The van der Waals surface area contributed by atoms with Crippen molar-refractivity contribution in [1.29, 1.82) is 0 Å². The first-order chi connectivity index (χ1) is 21.6. The molecular formula is C36H38N4O5. The average Bonchev–Trinajstić information content (AvgIpc) is 3.05. The van der Waals surface area contributed by atoms with Crippen LogP contribution in [0.5, 0.6) is 0 Å². The van der Waals surface area contributed by atoms with E-state index in [-0.39, 0.29) is 36.0 Å². The van der Waals surface area contributed by atoms with Crippen LogP contribution in [0.15, 0.2) is 109 Å². The highest BCUT2D eigenvalue weighted by Gasteiger charge is 2.44. The van der Waals surface area contributed by atoms with Gasteiger partial charge < -0.3 is 25.4 Å². The summed E-state index contributed by atoms with van der Waals surface area (Å²) in [6.45, 7) is 6.45. The number of carbonyl (C=O) groups excluding carboxylic acids is 3. The molecule has 45 heavy (non-hydrogen) atoms. The summed E-state index contributed by atoms with van der Waals surface area (Å²) >= 11 is 0. The molecule has 4 aromatic carbocycles. The number of nitrogens with zero attached hydrogens (tertiary/aromatic N) is 1. The van der Waals surface area contributed by atoms with Crippen molar-refractivity contribution in [1.82, 2.24) is 10.2 Å². The Kier molecular flexibility index (Phi) is 9.37. The lowest BCUT2D eigenvalue weighted by atomic mass is 9.76. The molecule has 1 atom stereocenters. The number of likely N-dealkylation sites (tertiary alicyclic amines) is 1. The highest BCUT2D eigenvalue weighted by Crippen LogP contribution is 2.35. The lowest BCUT2D eigenvalue weighted by Crippen LogP contribution is -2.60. The van der Waals surface area contributed by atoms with Crippen molar-refractivity contribution in [3.05, 3.63) is 131 Å². The lowest BCUT2D eigenvalue weighted by Gasteiger charge is -2.47. The van der Waals surface area contributed by atoms with Crippen LogP contribution in [0.1, 0.15) is 36.1 Å². The van der Waals surface area contributed by atoms with Gasteiger partial charge in [-0.1, -0.05) is 91.9 Å². The van der Waals surface area contributed by atoms with Crippen LogP contribution >= 0.6 is 0 Å². The molecule has 0 radical (unpaired) electrons. The van der Waals surface area contributed by atoms with Crippen molar-refractivity contribution in [2.24, 2.45) is 0 Å². The standard InChI is InChI=1S/C26H26N2O4.C10H12N2O/c1-26(18-28(19-26)25(30)32-17-21-10-6-3-7-11-21)22-12-14-23(15-13-22)27-24(29)31-16-20-8-4-2-5-9-20;1-10(6-12-9(10)13)7-2-4-8(11)5-3-7/h2-15H,16-19H2,1H3,(H,27,29);2-5H,6,11H2,1H3,(H,12,13). The van der Waals surface area contributed by atoms with Gasteiger partial charge in [0.25, 0.3) is 0 Å². The molecule has 1 unspecified atom stereocenters. The van der Waals surface area contributed by atoms with Gasteiger partial charge >= 0.3 is 12.2 Å². The van der Waals surface area contributed by atoms with Crippen LogP contribution in [0.25, 0.3) is 0 Å². The first kappa shape index (κ1) is 31.1. The fourth-order valence-electron chi connectivity index (χ4n) is 5.26. The second-order valence-electron chi connectivity index (χ2n) is 11.9. The molecule has 2 fully saturated rings. The maximum Gasteiger partial charge on any atom is 0.411 e. The number of amides is 3. The summed E-state index contributed by atoms with van der Waals surface area (Å²) in [7, 11) is 0. The number of benzene rings is 4. The van der Waals surface area contributed by atoms with E-state index in [1.165, 1.54) is 0 Å². The van der Waals surface area contributed by atoms with Crippen LogP contribution in [0.3, 0.4) is 0 Å². The van der Waals surface area contributed by atoms with E-state index in [0.717, 1.165) is 34.5 Å². The Morgan fingerprint density at radius 2 is 1.31 bits per heavy atom. The third-order valence-electron chi connectivity index (χ3n) is 8.24. The third kappa shape index (κ3) is 7.62. The summed E-state index contributed by atoms with van der Waals surface area (Å²) in [5.41, 5.74) is 10.5. The number of rotatable bonds is 7. The quantitative estimate of drug-likeness (QED) is 0.175. The number of anilines is 2. The molecular weight excluding hydrogens is 568 g/mol. The summed E-state index contributed by atoms with van der Waals surface area (Å²) in [6, 6.07) is 34.3. The van der Waals surface area contributed by atoms with E-state index in [1.54, 1.807) is 4.90 Å². The minimum atomic E-state index is -0.496. The lowest BCUT2D eigenvalue weighted by molar-refractivity contribution is -0.132. The number of hydrogen-bond donors (Lipinski definition) is 3. The summed E-state index contributed by atoms with van der Waals surface area (Å²) in [5, 5.41) is 5.48. The molecule has 2 saturated heterocycles. The van der Waals surface area contributed by atoms with Crippen molar-refractivity contribution >= 4 is 29.5 Å². The van der Waals surface area contributed by atoms with Gasteiger partial charge in [0.2, 0.25) is 5.91 Å². The Hall–Kier alpha value is -5.31. The smallest absolute Gasteiger partial charge is 0.411 e. The largest absolute Gasteiger partial charge is 0.445 e. The second-order valence-corrected chi connectivity index (χ2v) is 11.9. The SMILES string of the molecule is CC1(c2ccc(N)cc2)CNC1=O.CC1(c2ccc(NC(=O)OCc3ccccc3)cc2)CN(C(=O)OCc2ccccc2)C1. The number of carbonyl (C=O) groups is 3. The summed E-state index contributed by atoms with van der Waals surface area (Å²) in [4.78, 5) is 37.3. The summed E-state index contributed by atoms with van der Waals surface area (Å²) in [6.07, 6.45) is -0.797. The molecule has 3 amide bonds. The average molecular weight is 607 g/mol. The maximum atomic E-state index is 12.3. The van der Waals surface area contributed by atoms with Crippen LogP contribution in [0.2, 0.25) is 0 Å². The molecule has 2 aliphatic rings. The van der Waals surface area contributed by atoms with Crippen molar-refractivity contribution in [3.63, 3.8) is 0 Å². The number of hydrogen-bond acceptors (Lipinski definition) is 6. The molecule has 6 rings (SSSR count). The number of nitrogens with one attached hydrogen (secondary N) is 2. The summed E-state index contributed by atoms with van der Waals surface area (Å²) in [5.74, 6) is 0.0947. The van der Waals surface area contributed by atoms with Crippen LogP contribution in [-0.2, 0) is 38.3 Å². The third-order valence-corrected chi connectivity index (χ3v) is 8.24. The van der Waals surface area contributed by atoms with E-state index in [1.807, 2.05) is 116 Å². The van der Waals surface area contributed by atoms with Crippen molar-refractivity contribution in [3.8, 4) is 0 Å². The van der Waals surface area contributed by atoms with Gasteiger partial charge in [0, 0.05) is 36.4 Å². The molecule has 0 bridgehead atoms. The van der Waals surface area contributed by atoms with Gasteiger partial charge in [0.05, 0.1) is 5.41 Å². The normalized spacial score (nSPS) is 17.7.